The van der Waals surface area contributed by atoms with Gasteiger partial charge in [-0.1, -0.05) is 58.0 Å². The number of benzene rings is 1. The summed E-state index contributed by atoms with van der Waals surface area (Å²) in [7, 11) is -4.76. The lowest BCUT2D eigenvalue weighted by molar-refractivity contribution is -0.148. The lowest BCUT2D eigenvalue weighted by atomic mass is 10.1. The number of nitrogens with one attached hydrogen (secondary N) is 1. The van der Waals surface area contributed by atoms with E-state index in [2.05, 4.69) is 10.1 Å². The summed E-state index contributed by atoms with van der Waals surface area (Å²) in [4.78, 5) is 39.1. The highest BCUT2D eigenvalue weighted by atomic mass is 31.2. The van der Waals surface area contributed by atoms with Crippen molar-refractivity contribution in [2.75, 3.05) is 6.61 Å². The molecule has 1 aliphatic heterocycles. The van der Waals surface area contributed by atoms with Gasteiger partial charge in [0.1, 0.15) is 18.8 Å². The van der Waals surface area contributed by atoms with Gasteiger partial charge in [0.15, 0.2) is 6.10 Å². The first-order chi connectivity index (χ1) is 18.2. The molecule has 1 aromatic heterocycles. The smallest absolute Gasteiger partial charge is 0.403 e. The number of esters is 1. The summed E-state index contributed by atoms with van der Waals surface area (Å²) in [6.45, 7) is 6.03. The molecule has 1 unspecified atom stereocenters. The van der Waals surface area contributed by atoms with Gasteiger partial charge in [-0.2, -0.15) is 13.8 Å². The molecule has 1 aromatic carbocycles. The van der Waals surface area contributed by atoms with Crippen LogP contribution in [0, 0.1) is 11.8 Å². The van der Waals surface area contributed by atoms with Crippen molar-refractivity contribution in [1.82, 2.24) is 14.6 Å². The number of alkyl halides is 2. The molecule has 0 spiro atoms. The summed E-state index contributed by atoms with van der Waals surface area (Å²) in [6.07, 6.45) is -4.86. The monoisotopic (exact) mass is 573 g/mol. The van der Waals surface area contributed by atoms with Crippen LogP contribution in [0.4, 0.5) is 8.78 Å². The fourth-order valence-electron chi connectivity index (χ4n) is 3.94. The van der Waals surface area contributed by atoms with Crippen molar-refractivity contribution in [3.8, 4) is 0 Å². The number of carbonyl (C=O) groups is 1. The van der Waals surface area contributed by atoms with Crippen LogP contribution < -0.4 is 10.8 Å². The lowest BCUT2D eigenvalue weighted by Gasteiger charge is -2.24. The van der Waals surface area contributed by atoms with Crippen LogP contribution in [-0.2, 0) is 36.4 Å². The molecule has 2 aromatic rings. The Morgan fingerprint density at radius 3 is 2.49 bits per heavy atom. The van der Waals surface area contributed by atoms with Crippen LogP contribution >= 0.6 is 7.75 Å². The van der Waals surface area contributed by atoms with E-state index in [0.717, 1.165) is 6.20 Å². The van der Waals surface area contributed by atoms with Gasteiger partial charge in [0, 0.05) is 11.9 Å². The highest BCUT2D eigenvalue weighted by molar-refractivity contribution is 7.50. The van der Waals surface area contributed by atoms with Crippen LogP contribution in [-0.4, -0.2) is 56.3 Å². The van der Waals surface area contributed by atoms with Gasteiger partial charge in [0.2, 0.25) is 6.23 Å². The van der Waals surface area contributed by atoms with E-state index in [1.807, 2.05) is 13.8 Å². The molecule has 1 saturated heterocycles. The number of halogens is 2. The topological polar surface area (TPSA) is 149 Å². The number of hydrogen-bond donors (Lipinski definition) is 3. The molecule has 3 N–H and O–H groups in total. The molecule has 0 amide bonds. The van der Waals surface area contributed by atoms with E-state index in [-0.39, 0.29) is 12.5 Å². The molecule has 0 radical (unpaired) electrons. The fourth-order valence-corrected chi connectivity index (χ4v) is 5.12. The average Bonchev–Trinajstić information content (AvgIpc) is 3.08. The van der Waals surface area contributed by atoms with Crippen molar-refractivity contribution >= 4 is 13.7 Å². The second kappa shape index (κ2) is 12.8. The predicted octanol–water partition coefficient (Wildman–Crippen LogP) is 2.81. The number of hydrogen-bond acceptors (Lipinski definition) is 8. The molecule has 0 bridgehead atoms. The second-order valence-electron chi connectivity index (χ2n) is 10.1. The first kappa shape index (κ1) is 31.0. The van der Waals surface area contributed by atoms with E-state index in [1.165, 1.54) is 6.07 Å². The number of aliphatic hydroxyl groups excluding tert-OH is 1. The summed E-state index contributed by atoms with van der Waals surface area (Å²) in [5.74, 6) is -5.07. The van der Waals surface area contributed by atoms with Crippen LogP contribution in [0.25, 0.3) is 0 Å². The van der Waals surface area contributed by atoms with Gasteiger partial charge < -0.3 is 19.5 Å². The third kappa shape index (κ3) is 8.00. The zero-order valence-electron chi connectivity index (χ0n) is 22.1. The van der Waals surface area contributed by atoms with Crippen molar-refractivity contribution < 1.29 is 42.1 Å². The molecule has 0 aliphatic carbocycles. The van der Waals surface area contributed by atoms with Crippen molar-refractivity contribution in [1.29, 1.82) is 0 Å². The number of nitrogens with zero attached hydrogens (tertiary/aromatic N) is 2. The SMILES string of the molecule is CC(C)Cc1ccn([C@@H]2O[C@H](COP(=O)(O)N[C@H](C(=O)OCc3ccccc3)C(C)C)[C@@H](O)C2(F)F)c(=O)n1. The Kier molecular flexibility index (Phi) is 10.1. The first-order valence-corrected chi connectivity index (χ1v) is 14.0. The third-order valence-corrected chi connectivity index (χ3v) is 7.10. The zero-order valence-corrected chi connectivity index (χ0v) is 23.0. The van der Waals surface area contributed by atoms with Gasteiger partial charge in [0.25, 0.3) is 0 Å². The molecule has 39 heavy (non-hydrogen) atoms. The molecule has 216 valence electrons. The summed E-state index contributed by atoms with van der Waals surface area (Å²) < 4.78 is 58.3. The Morgan fingerprint density at radius 2 is 1.90 bits per heavy atom. The van der Waals surface area contributed by atoms with Crippen LogP contribution in [0.5, 0.6) is 0 Å². The summed E-state index contributed by atoms with van der Waals surface area (Å²) >= 11 is 0. The molecule has 0 saturated carbocycles. The third-order valence-electron chi connectivity index (χ3n) is 6.00. The van der Waals surface area contributed by atoms with Crippen molar-refractivity contribution in [2.45, 2.75) is 71.1 Å². The van der Waals surface area contributed by atoms with E-state index in [9.17, 15) is 32.9 Å². The number of ether oxygens (including phenoxy) is 2. The van der Waals surface area contributed by atoms with Crippen molar-refractivity contribution in [3.63, 3.8) is 0 Å². The average molecular weight is 574 g/mol. The number of aliphatic hydroxyl groups is 1. The number of aromatic nitrogens is 2. The van der Waals surface area contributed by atoms with Gasteiger partial charge in [-0.05, 0) is 29.9 Å². The molecule has 1 fully saturated rings. The van der Waals surface area contributed by atoms with E-state index < -0.39 is 62.3 Å². The molecule has 1 aliphatic rings. The largest absolute Gasteiger partial charge is 0.460 e. The molecule has 14 heteroatoms. The van der Waals surface area contributed by atoms with Gasteiger partial charge in [-0.25, -0.2) is 14.4 Å². The Bertz CT molecular complexity index is 1230. The number of rotatable bonds is 12. The Morgan fingerprint density at radius 1 is 1.23 bits per heavy atom. The molecule has 2 heterocycles. The van der Waals surface area contributed by atoms with E-state index in [0.29, 0.717) is 22.2 Å². The summed E-state index contributed by atoms with van der Waals surface area (Å²) in [6, 6.07) is 8.95. The molecule has 3 rings (SSSR count). The molecular formula is C25H34F2N3O8P. The van der Waals surface area contributed by atoms with E-state index >= 15 is 0 Å². The second-order valence-corrected chi connectivity index (χ2v) is 11.7. The van der Waals surface area contributed by atoms with Gasteiger partial charge in [0.05, 0.1) is 6.61 Å². The van der Waals surface area contributed by atoms with Gasteiger partial charge >= 0.3 is 25.3 Å². The standard InChI is InChI=1S/C25H34F2N3O8P/c1-15(2)12-18-10-11-30(24(33)28-18)23-25(26,27)21(31)19(38-23)14-37-39(34,35)29-20(16(3)4)22(32)36-13-17-8-6-5-7-9-17/h5-11,15-16,19-21,23,31H,12-14H2,1-4H3,(H2,29,34,35)/t19-,20+,21-,23-/m1/s1. The van der Waals surface area contributed by atoms with Gasteiger partial charge in [-0.15, -0.1) is 0 Å². The molecule has 5 atom stereocenters. The van der Waals surface area contributed by atoms with Crippen LogP contribution in [0.2, 0.25) is 0 Å². The van der Waals surface area contributed by atoms with Crippen LogP contribution in [0.1, 0.15) is 45.2 Å². The summed E-state index contributed by atoms with van der Waals surface area (Å²) in [5.41, 5.74) is 0.140. The van der Waals surface area contributed by atoms with Crippen molar-refractivity contribution in [3.05, 3.63) is 64.3 Å². The fraction of sp³-hybridized carbons (Fsp3) is 0.560. The summed E-state index contributed by atoms with van der Waals surface area (Å²) in [5, 5.41) is 12.4. The highest BCUT2D eigenvalue weighted by Crippen LogP contribution is 2.45. The van der Waals surface area contributed by atoms with Crippen LogP contribution in [0.3, 0.4) is 0 Å². The van der Waals surface area contributed by atoms with Crippen LogP contribution in [0.15, 0.2) is 47.4 Å². The minimum Gasteiger partial charge on any atom is -0.460 e. The maximum atomic E-state index is 14.9. The Balaban J connectivity index is 1.64. The quantitative estimate of drug-likeness (QED) is 0.256. The molecule has 11 nitrogen and oxygen atoms in total. The maximum absolute atomic E-state index is 14.9. The highest BCUT2D eigenvalue weighted by Gasteiger charge is 2.60. The van der Waals surface area contributed by atoms with Gasteiger partial charge in [-0.3, -0.25) is 13.9 Å². The van der Waals surface area contributed by atoms with Crippen molar-refractivity contribution in [2.24, 2.45) is 11.8 Å². The first-order valence-electron chi connectivity index (χ1n) is 12.5. The predicted molar refractivity (Wildman–Crippen MR) is 136 cm³/mol. The maximum Gasteiger partial charge on any atom is 0.403 e. The van der Waals surface area contributed by atoms with E-state index in [1.54, 1.807) is 44.2 Å². The Hall–Kier alpha value is -2.54. The minimum atomic E-state index is -4.76. The zero-order chi connectivity index (χ0) is 29.0. The normalized spacial score (nSPS) is 23.1. The Labute approximate surface area is 224 Å². The molecular weight excluding hydrogens is 539 g/mol. The lowest BCUT2D eigenvalue weighted by Crippen LogP contribution is -2.42. The minimum absolute atomic E-state index is 0.0631. The van der Waals surface area contributed by atoms with E-state index in [4.69, 9.17) is 14.0 Å². The number of carbonyl (C=O) groups excluding carboxylic acids is 1.